The molecular weight excluding hydrogens is 152 g/mol. The molecule has 0 aliphatic carbocycles. The van der Waals surface area contributed by atoms with Gasteiger partial charge in [0.05, 0.1) is 0 Å². The van der Waals surface area contributed by atoms with E-state index in [0.717, 1.165) is 12.8 Å². The van der Waals surface area contributed by atoms with Crippen molar-refractivity contribution in [2.75, 3.05) is 0 Å². The van der Waals surface area contributed by atoms with Crippen LogP contribution in [0.3, 0.4) is 0 Å². The van der Waals surface area contributed by atoms with Gasteiger partial charge in [0.2, 0.25) is 0 Å². The Morgan fingerprint density at radius 3 is 2.50 bits per heavy atom. The molecule has 0 N–H and O–H groups in total. The summed E-state index contributed by atoms with van der Waals surface area (Å²) in [6.45, 7) is 7.43. The standard InChI is InChI=1S/C10H18O2/c1-4-8(2)6-5-7-9(3)10(11)12/h4,8-9H,1,5-7H2,2-3H3,(H,11,12)/p-1. The Labute approximate surface area is 74.3 Å². The van der Waals surface area contributed by atoms with Gasteiger partial charge in [0.15, 0.2) is 0 Å². The van der Waals surface area contributed by atoms with Crippen molar-refractivity contribution in [1.82, 2.24) is 0 Å². The summed E-state index contributed by atoms with van der Waals surface area (Å²) >= 11 is 0. The summed E-state index contributed by atoms with van der Waals surface area (Å²) < 4.78 is 0. The minimum atomic E-state index is -0.943. The lowest BCUT2D eigenvalue weighted by Gasteiger charge is -2.12. The fourth-order valence-electron chi connectivity index (χ4n) is 0.982. The van der Waals surface area contributed by atoms with E-state index in [1.54, 1.807) is 6.92 Å². The van der Waals surface area contributed by atoms with Crippen LogP contribution in [0.25, 0.3) is 0 Å². The molecule has 0 bridgehead atoms. The fraction of sp³-hybridized carbons (Fsp3) is 0.700. The third-order valence-corrected chi connectivity index (χ3v) is 2.10. The quantitative estimate of drug-likeness (QED) is 0.563. The van der Waals surface area contributed by atoms with E-state index in [1.165, 1.54) is 0 Å². The second-order valence-electron chi connectivity index (χ2n) is 3.36. The second-order valence-corrected chi connectivity index (χ2v) is 3.36. The fourth-order valence-corrected chi connectivity index (χ4v) is 0.982. The number of hydrogen-bond acceptors (Lipinski definition) is 2. The predicted molar refractivity (Wildman–Crippen MR) is 47.4 cm³/mol. The summed E-state index contributed by atoms with van der Waals surface area (Å²) in [5.41, 5.74) is 0. The van der Waals surface area contributed by atoms with Crippen molar-refractivity contribution in [3.63, 3.8) is 0 Å². The first-order valence-electron chi connectivity index (χ1n) is 4.41. The molecule has 0 heterocycles. The van der Waals surface area contributed by atoms with Gasteiger partial charge in [-0.25, -0.2) is 0 Å². The minimum absolute atomic E-state index is 0.318. The number of carboxylic acid groups (broad SMARTS) is 1. The molecular formula is C10H17O2-. The van der Waals surface area contributed by atoms with Crippen LogP contribution in [0.4, 0.5) is 0 Å². The molecule has 0 fully saturated rings. The predicted octanol–water partition coefficient (Wildman–Crippen LogP) is 1.36. The molecule has 0 aromatic heterocycles. The molecule has 0 aromatic carbocycles. The minimum Gasteiger partial charge on any atom is -0.550 e. The maximum absolute atomic E-state index is 10.3. The molecule has 0 amide bonds. The molecule has 2 heteroatoms. The van der Waals surface area contributed by atoms with Crippen LogP contribution in [0.5, 0.6) is 0 Å². The highest BCUT2D eigenvalue weighted by molar-refractivity contribution is 5.66. The number of carbonyl (C=O) groups excluding carboxylic acids is 1. The van der Waals surface area contributed by atoms with Gasteiger partial charge < -0.3 is 9.90 Å². The highest BCUT2D eigenvalue weighted by atomic mass is 16.4. The Balaban J connectivity index is 3.43. The summed E-state index contributed by atoms with van der Waals surface area (Å²) in [4.78, 5) is 10.3. The maximum atomic E-state index is 10.3. The van der Waals surface area contributed by atoms with Gasteiger partial charge >= 0.3 is 0 Å². The van der Waals surface area contributed by atoms with Crippen LogP contribution < -0.4 is 5.11 Å². The molecule has 2 nitrogen and oxygen atoms in total. The molecule has 0 saturated heterocycles. The average molecular weight is 169 g/mol. The van der Waals surface area contributed by atoms with E-state index in [9.17, 15) is 9.90 Å². The van der Waals surface area contributed by atoms with E-state index in [2.05, 4.69) is 13.5 Å². The van der Waals surface area contributed by atoms with Crippen molar-refractivity contribution in [2.45, 2.75) is 33.1 Å². The van der Waals surface area contributed by atoms with Crippen LogP contribution in [0.1, 0.15) is 33.1 Å². The topological polar surface area (TPSA) is 40.1 Å². The van der Waals surface area contributed by atoms with Crippen molar-refractivity contribution in [3.05, 3.63) is 12.7 Å². The summed E-state index contributed by atoms with van der Waals surface area (Å²) in [6.07, 6.45) is 4.55. The van der Waals surface area contributed by atoms with Gasteiger partial charge in [0.1, 0.15) is 0 Å². The summed E-state index contributed by atoms with van der Waals surface area (Å²) in [5, 5.41) is 10.3. The monoisotopic (exact) mass is 169 g/mol. The first-order chi connectivity index (χ1) is 5.57. The van der Waals surface area contributed by atoms with Crippen molar-refractivity contribution in [1.29, 1.82) is 0 Å². The lowest BCUT2D eigenvalue weighted by Crippen LogP contribution is -2.29. The first-order valence-corrected chi connectivity index (χ1v) is 4.41. The number of carbonyl (C=O) groups is 1. The van der Waals surface area contributed by atoms with E-state index < -0.39 is 5.97 Å². The largest absolute Gasteiger partial charge is 0.550 e. The maximum Gasteiger partial charge on any atom is 0.0442 e. The van der Waals surface area contributed by atoms with Crippen molar-refractivity contribution < 1.29 is 9.90 Å². The van der Waals surface area contributed by atoms with Gasteiger partial charge in [-0.15, -0.1) is 6.58 Å². The Morgan fingerprint density at radius 2 is 2.08 bits per heavy atom. The average Bonchev–Trinajstić information content (AvgIpc) is 2.03. The van der Waals surface area contributed by atoms with E-state index >= 15 is 0 Å². The van der Waals surface area contributed by atoms with E-state index in [4.69, 9.17) is 0 Å². The van der Waals surface area contributed by atoms with Crippen LogP contribution >= 0.6 is 0 Å². The second kappa shape index (κ2) is 5.81. The van der Waals surface area contributed by atoms with E-state index in [-0.39, 0.29) is 5.92 Å². The number of hydrogen-bond donors (Lipinski definition) is 0. The van der Waals surface area contributed by atoms with Crippen LogP contribution in [-0.4, -0.2) is 5.97 Å². The smallest absolute Gasteiger partial charge is 0.0442 e. The van der Waals surface area contributed by atoms with Gasteiger partial charge in [-0.2, -0.15) is 0 Å². The Hall–Kier alpha value is -0.790. The molecule has 70 valence electrons. The number of carboxylic acids is 1. The molecule has 2 unspecified atom stereocenters. The zero-order valence-electron chi connectivity index (χ0n) is 7.88. The Bertz CT molecular complexity index is 152. The van der Waals surface area contributed by atoms with E-state index in [0.29, 0.717) is 12.3 Å². The zero-order chi connectivity index (χ0) is 9.56. The molecule has 0 radical (unpaired) electrons. The molecule has 0 aliphatic rings. The van der Waals surface area contributed by atoms with Gasteiger partial charge in [-0.1, -0.05) is 26.3 Å². The highest BCUT2D eigenvalue weighted by Crippen LogP contribution is 2.12. The van der Waals surface area contributed by atoms with Gasteiger partial charge in [-0.05, 0) is 24.7 Å². The van der Waals surface area contributed by atoms with Gasteiger partial charge in [-0.3, -0.25) is 0 Å². The van der Waals surface area contributed by atoms with E-state index in [1.807, 2.05) is 6.08 Å². The van der Waals surface area contributed by atoms with Crippen LogP contribution in [0.2, 0.25) is 0 Å². The molecule has 0 saturated carbocycles. The number of allylic oxidation sites excluding steroid dienone is 1. The molecule has 2 atom stereocenters. The number of aliphatic carboxylic acids is 1. The molecule has 0 aromatic rings. The lowest BCUT2D eigenvalue weighted by atomic mass is 9.99. The summed E-state index contributed by atoms with van der Waals surface area (Å²) in [6, 6.07) is 0. The zero-order valence-corrected chi connectivity index (χ0v) is 7.88. The van der Waals surface area contributed by atoms with Crippen LogP contribution in [0, 0.1) is 11.8 Å². The van der Waals surface area contributed by atoms with Crippen molar-refractivity contribution in [2.24, 2.45) is 11.8 Å². The van der Waals surface area contributed by atoms with Crippen molar-refractivity contribution >= 4 is 5.97 Å². The van der Waals surface area contributed by atoms with Crippen LogP contribution in [0.15, 0.2) is 12.7 Å². The first kappa shape index (κ1) is 11.2. The van der Waals surface area contributed by atoms with Gasteiger partial charge in [0, 0.05) is 5.97 Å². The van der Waals surface area contributed by atoms with Crippen LogP contribution in [-0.2, 0) is 4.79 Å². The Kier molecular flexibility index (Phi) is 5.43. The molecule has 0 spiro atoms. The third-order valence-electron chi connectivity index (χ3n) is 2.10. The number of rotatable bonds is 6. The molecule has 0 rings (SSSR count). The normalized spacial score (nSPS) is 15.2. The lowest BCUT2D eigenvalue weighted by molar-refractivity contribution is -0.311. The molecule has 0 aliphatic heterocycles. The molecule has 12 heavy (non-hydrogen) atoms. The SMILES string of the molecule is C=CC(C)CCCC(C)C(=O)[O-]. The van der Waals surface area contributed by atoms with Gasteiger partial charge in [0.25, 0.3) is 0 Å². The Morgan fingerprint density at radius 1 is 1.50 bits per heavy atom. The highest BCUT2D eigenvalue weighted by Gasteiger charge is 2.03. The summed E-state index contributed by atoms with van der Waals surface area (Å²) in [5.74, 6) is -0.776. The summed E-state index contributed by atoms with van der Waals surface area (Å²) in [7, 11) is 0. The van der Waals surface area contributed by atoms with Crippen molar-refractivity contribution in [3.8, 4) is 0 Å². The third kappa shape index (κ3) is 4.94.